The van der Waals surface area contributed by atoms with E-state index in [1.165, 1.54) is 0 Å². The molecule has 1 aromatic heterocycles. The fourth-order valence-electron chi connectivity index (χ4n) is 2.14. The van der Waals surface area contributed by atoms with Gasteiger partial charge in [0.1, 0.15) is 0 Å². The van der Waals surface area contributed by atoms with Crippen LogP contribution in [0.25, 0.3) is 0 Å². The molecule has 2 rings (SSSR count). The van der Waals surface area contributed by atoms with Gasteiger partial charge in [-0.25, -0.2) is 0 Å². The first-order valence-corrected chi connectivity index (χ1v) is 8.05. The van der Waals surface area contributed by atoms with E-state index in [1.807, 2.05) is 0 Å². The Labute approximate surface area is 140 Å². The van der Waals surface area contributed by atoms with Crippen molar-refractivity contribution in [1.82, 2.24) is 15.2 Å². The second kappa shape index (κ2) is 8.15. The fourth-order valence-corrected chi connectivity index (χ4v) is 2.66. The zero-order valence-electron chi connectivity index (χ0n) is 12.7. The van der Waals surface area contributed by atoms with E-state index in [4.69, 9.17) is 23.2 Å². The van der Waals surface area contributed by atoms with Crippen molar-refractivity contribution < 1.29 is 0 Å². The fraction of sp³-hybridized carbons (Fsp3) is 0.400. The van der Waals surface area contributed by atoms with Gasteiger partial charge in [0, 0.05) is 28.8 Å². The van der Waals surface area contributed by atoms with E-state index < -0.39 is 0 Å². The summed E-state index contributed by atoms with van der Waals surface area (Å²) in [4.78, 5) is 6.72. The zero-order chi connectivity index (χ0) is 15.9. The standard InChI is InChI=1S/C15H19Cl2N5/c1-3-5-22(6-4-2)14-10-18-21-15(20-14)19-13-8-11(16)7-12(17)9-13/h7-10H,3-6H2,1-2H3,(H,19,20,21). The van der Waals surface area contributed by atoms with Gasteiger partial charge in [-0.15, -0.1) is 5.10 Å². The average Bonchev–Trinajstić information content (AvgIpc) is 2.46. The van der Waals surface area contributed by atoms with Gasteiger partial charge in [0.05, 0.1) is 6.20 Å². The number of nitrogens with one attached hydrogen (secondary N) is 1. The van der Waals surface area contributed by atoms with E-state index in [2.05, 4.69) is 39.2 Å². The quantitative estimate of drug-likeness (QED) is 0.801. The molecule has 1 N–H and O–H groups in total. The van der Waals surface area contributed by atoms with Gasteiger partial charge in [-0.3, -0.25) is 0 Å². The van der Waals surface area contributed by atoms with Crippen molar-refractivity contribution in [2.24, 2.45) is 0 Å². The highest BCUT2D eigenvalue weighted by atomic mass is 35.5. The number of nitrogens with zero attached hydrogens (tertiary/aromatic N) is 4. The third kappa shape index (κ3) is 4.71. The predicted molar refractivity (Wildman–Crippen MR) is 92.4 cm³/mol. The Balaban J connectivity index is 2.20. The van der Waals surface area contributed by atoms with E-state index in [-0.39, 0.29) is 0 Å². The van der Waals surface area contributed by atoms with E-state index >= 15 is 0 Å². The molecule has 22 heavy (non-hydrogen) atoms. The summed E-state index contributed by atoms with van der Waals surface area (Å²) in [6.07, 6.45) is 3.79. The number of aromatic nitrogens is 3. The molecule has 0 aliphatic carbocycles. The first-order valence-electron chi connectivity index (χ1n) is 7.30. The third-order valence-electron chi connectivity index (χ3n) is 2.98. The molecule has 0 amide bonds. The van der Waals surface area contributed by atoms with Crippen molar-refractivity contribution in [1.29, 1.82) is 0 Å². The predicted octanol–water partition coefficient (Wildman–Crippen LogP) is 4.55. The highest BCUT2D eigenvalue weighted by Gasteiger charge is 2.09. The van der Waals surface area contributed by atoms with Gasteiger partial charge < -0.3 is 10.2 Å². The summed E-state index contributed by atoms with van der Waals surface area (Å²) in [5.41, 5.74) is 0.731. The van der Waals surface area contributed by atoms with E-state index in [1.54, 1.807) is 24.4 Å². The Morgan fingerprint density at radius 3 is 2.27 bits per heavy atom. The monoisotopic (exact) mass is 339 g/mol. The van der Waals surface area contributed by atoms with Crippen LogP contribution in [-0.4, -0.2) is 28.3 Å². The molecule has 0 unspecified atom stereocenters. The molecule has 0 bridgehead atoms. The topological polar surface area (TPSA) is 53.9 Å². The van der Waals surface area contributed by atoms with E-state index in [9.17, 15) is 0 Å². The van der Waals surface area contributed by atoms with Crippen LogP contribution in [0.5, 0.6) is 0 Å². The maximum atomic E-state index is 5.99. The van der Waals surface area contributed by atoms with Crippen LogP contribution >= 0.6 is 23.2 Å². The maximum absolute atomic E-state index is 5.99. The van der Waals surface area contributed by atoms with Crippen molar-refractivity contribution in [3.63, 3.8) is 0 Å². The summed E-state index contributed by atoms with van der Waals surface area (Å²) in [5, 5.41) is 12.2. The second-order valence-corrected chi connectivity index (χ2v) is 5.78. The Morgan fingerprint density at radius 1 is 1.05 bits per heavy atom. The number of hydrogen-bond donors (Lipinski definition) is 1. The number of hydrogen-bond acceptors (Lipinski definition) is 5. The van der Waals surface area contributed by atoms with Gasteiger partial charge in [-0.2, -0.15) is 10.1 Å². The lowest BCUT2D eigenvalue weighted by atomic mass is 10.3. The average molecular weight is 340 g/mol. The van der Waals surface area contributed by atoms with Crippen LogP contribution in [0, 0.1) is 0 Å². The Kier molecular flexibility index (Phi) is 6.21. The van der Waals surface area contributed by atoms with Crippen molar-refractivity contribution in [2.75, 3.05) is 23.3 Å². The largest absolute Gasteiger partial charge is 0.355 e. The molecular weight excluding hydrogens is 321 g/mol. The van der Waals surface area contributed by atoms with Gasteiger partial charge >= 0.3 is 0 Å². The molecule has 0 atom stereocenters. The van der Waals surface area contributed by atoms with Crippen LogP contribution in [0.2, 0.25) is 10.0 Å². The van der Waals surface area contributed by atoms with Crippen LogP contribution in [0.15, 0.2) is 24.4 Å². The number of benzene rings is 1. The Morgan fingerprint density at radius 2 is 1.68 bits per heavy atom. The Hall–Kier alpha value is -1.59. The molecule has 1 aromatic carbocycles. The number of halogens is 2. The summed E-state index contributed by atoms with van der Waals surface area (Å²) in [5.74, 6) is 1.24. The zero-order valence-corrected chi connectivity index (χ0v) is 14.2. The molecular formula is C15H19Cl2N5. The number of anilines is 3. The minimum absolute atomic E-state index is 0.424. The van der Waals surface area contributed by atoms with Gasteiger partial charge in [0.2, 0.25) is 5.95 Å². The van der Waals surface area contributed by atoms with Gasteiger partial charge in [0.15, 0.2) is 5.82 Å². The van der Waals surface area contributed by atoms with Crippen molar-refractivity contribution in [2.45, 2.75) is 26.7 Å². The summed E-state index contributed by atoms with van der Waals surface area (Å²) < 4.78 is 0. The molecule has 0 aliphatic heterocycles. The first-order chi connectivity index (χ1) is 10.6. The van der Waals surface area contributed by atoms with Crippen molar-refractivity contribution in [3.05, 3.63) is 34.4 Å². The SMILES string of the molecule is CCCN(CCC)c1cnnc(Nc2cc(Cl)cc(Cl)c2)n1. The molecule has 0 aliphatic rings. The van der Waals surface area contributed by atoms with E-state index in [0.29, 0.717) is 16.0 Å². The Bertz CT molecular complexity index is 594. The highest BCUT2D eigenvalue weighted by Crippen LogP contribution is 2.24. The molecule has 0 saturated heterocycles. The molecule has 5 nitrogen and oxygen atoms in total. The van der Waals surface area contributed by atoms with Crippen molar-refractivity contribution >= 4 is 40.7 Å². The molecule has 0 spiro atoms. The molecule has 7 heteroatoms. The molecule has 2 aromatic rings. The lowest BCUT2D eigenvalue weighted by Crippen LogP contribution is -2.26. The van der Waals surface area contributed by atoms with Gasteiger partial charge in [0.25, 0.3) is 0 Å². The number of rotatable bonds is 7. The van der Waals surface area contributed by atoms with Crippen LogP contribution in [0.4, 0.5) is 17.5 Å². The van der Waals surface area contributed by atoms with E-state index in [0.717, 1.165) is 37.4 Å². The molecule has 0 saturated carbocycles. The van der Waals surface area contributed by atoms with Gasteiger partial charge in [-0.05, 0) is 31.0 Å². The lowest BCUT2D eigenvalue weighted by Gasteiger charge is -2.22. The molecule has 118 valence electrons. The van der Waals surface area contributed by atoms with Crippen LogP contribution < -0.4 is 10.2 Å². The summed E-state index contributed by atoms with van der Waals surface area (Å²) in [6, 6.07) is 5.20. The maximum Gasteiger partial charge on any atom is 0.249 e. The van der Waals surface area contributed by atoms with Gasteiger partial charge in [-0.1, -0.05) is 37.0 Å². The normalized spacial score (nSPS) is 10.5. The molecule has 0 fully saturated rings. The van der Waals surface area contributed by atoms with Crippen LogP contribution in [0.1, 0.15) is 26.7 Å². The smallest absolute Gasteiger partial charge is 0.249 e. The lowest BCUT2D eigenvalue weighted by molar-refractivity contribution is 0.728. The van der Waals surface area contributed by atoms with Crippen LogP contribution in [-0.2, 0) is 0 Å². The van der Waals surface area contributed by atoms with Crippen LogP contribution in [0.3, 0.4) is 0 Å². The molecule has 0 radical (unpaired) electrons. The summed E-state index contributed by atoms with van der Waals surface area (Å²) >= 11 is 12.0. The first kappa shape index (κ1) is 16.8. The summed E-state index contributed by atoms with van der Waals surface area (Å²) in [6.45, 7) is 6.17. The van der Waals surface area contributed by atoms with Crippen molar-refractivity contribution in [3.8, 4) is 0 Å². The second-order valence-electron chi connectivity index (χ2n) is 4.91. The highest BCUT2D eigenvalue weighted by molar-refractivity contribution is 6.35. The minimum atomic E-state index is 0.424. The molecule has 1 heterocycles. The third-order valence-corrected chi connectivity index (χ3v) is 3.41. The summed E-state index contributed by atoms with van der Waals surface area (Å²) in [7, 11) is 0. The minimum Gasteiger partial charge on any atom is -0.355 e.